The number of benzene rings is 1. The number of nitrogens with one attached hydrogen (secondary N) is 1. The second-order valence-electron chi connectivity index (χ2n) is 2.70. The van der Waals surface area contributed by atoms with Crippen LogP contribution in [0, 0.1) is 0 Å². The van der Waals surface area contributed by atoms with Gasteiger partial charge in [0.1, 0.15) is 5.75 Å². The number of nitrogens with zero attached hydrogens (tertiary/aromatic N) is 1. The minimum atomic E-state index is -0.616. The third-order valence-corrected chi connectivity index (χ3v) is 1.50. The molecule has 5 heteroatoms. The number of hydrazone groups is 1. The first-order valence-electron chi connectivity index (χ1n) is 4.57. The van der Waals surface area contributed by atoms with Crippen LogP contribution in [0.15, 0.2) is 35.4 Å². The summed E-state index contributed by atoms with van der Waals surface area (Å²) < 4.78 is 4.90. The number of ether oxygens (including phenoxy) is 1. The van der Waals surface area contributed by atoms with Crippen LogP contribution >= 0.6 is 0 Å². The fourth-order valence-electron chi connectivity index (χ4n) is 0.856. The molecular formula is C10H13N3O2. The lowest BCUT2D eigenvalue weighted by Crippen LogP contribution is -2.21. The monoisotopic (exact) mass is 207 g/mol. The molecule has 0 aromatic heterocycles. The van der Waals surface area contributed by atoms with Gasteiger partial charge in [0.2, 0.25) is 0 Å². The molecule has 0 bridgehead atoms. The predicted molar refractivity (Wildman–Crippen MR) is 57.8 cm³/mol. The molecule has 0 heterocycles. The van der Waals surface area contributed by atoms with Crippen molar-refractivity contribution >= 4 is 12.3 Å². The predicted octanol–water partition coefficient (Wildman–Crippen LogP) is 1.11. The minimum absolute atomic E-state index is 0.476. The van der Waals surface area contributed by atoms with E-state index in [1.807, 2.05) is 6.07 Å². The molecule has 15 heavy (non-hydrogen) atoms. The molecule has 1 aromatic rings. The summed E-state index contributed by atoms with van der Waals surface area (Å²) in [5.74, 6) is 0.476. The van der Waals surface area contributed by atoms with Crippen molar-refractivity contribution in [3.05, 3.63) is 30.3 Å². The van der Waals surface area contributed by atoms with Crippen LogP contribution in [-0.2, 0) is 0 Å². The smallest absolute Gasteiger partial charge is 0.409 e. The Labute approximate surface area is 87.9 Å². The standard InChI is InChI=1S/C10H13N3O2/c11-7-4-8-12-13-10(14)15-9-5-2-1-3-6-9/h1-3,5-6,8H,4,7,11H2,(H,13,14). The van der Waals surface area contributed by atoms with E-state index < -0.39 is 6.09 Å². The lowest BCUT2D eigenvalue weighted by Gasteiger charge is -2.01. The first kappa shape index (κ1) is 11.2. The number of carbonyl (C=O) groups excluding carboxylic acids is 1. The Morgan fingerprint density at radius 2 is 2.20 bits per heavy atom. The summed E-state index contributed by atoms with van der Waals surface area (Å²) in [5, 5.41) is 3.63. The van der Waals surface area contributed by atoms with Crippen LogP contribution in [0.3, 0.4) is 0 Å². The molecule has 0 saturated heterocycles. The number of nitrogens with two attached hydrogens (primary N) is 1. The molecular weight excluding hydrogens is 194 g/mol. The van der Waals surface area contributed by atoms with Crippen molar-refractivity contribution < 1.29 is 9.53 Å². The highest BCUT2D eigenvalue weighted by atomic mass is 16.6. The molecule has 1 aromatic carbocycles. The number of amides is 1. The Kier molecular flexibility index (Phi) is 4.89. The summed E-state index contributed by atoms with van der Waals surface area (Å²) >= 11 is 0. The number of rotatable bonds is 4. The van der Waals surface area contributed by atoms with E-state index in [1.54, 1.807) is 24.3 Å². The molecule has 1 rings (SSSR count). The van der Waals surface area contributed by atoms with Crippen molar-refractivity contribution in [2.75, 3.05) is 6.54 Å². The third kappa shape index (κ3) is 4.78. The second kappa shape index (κ2) is 6.56. The van der Waals surface area contributed by atoms with E-state index >= 15 is 0 Å². The molecule has 0 aliphatic heterocycles. The number of hydrogen-bond donors (Lipinski definition) is 2. The number of para-hydroxylation sites is 1. The lowest BCUT2D eigenvalue weighted by atomic mass is 10.3. The van der Waals surface area contributed by atoms with Gasteiger partial charge < -0.3 is 10.5 Å². The first-order valence-corrected chi connectivity index (χ1v) is 4.57. The van der Waals surface area contributed by atoms with Crippen molar-refractivity contribution in [2.45, 2.75) is 6.42 Å². The van der Waals surface area contributed by atoms with Crippen LogP contribution in [0.4, 0.5) is 4.79 Å². The van der Waals surface area contributed by atoms with Crippen LogP contribution in [0.1, 0.15) is 6.42 Å². The van der Waals surface area contributed by atoms with Gasteiger partial charge in [0, 0.05) is 6.21 Å². The average Bonchev–Trinajstić information content (AvgIpc) is 2.26. The van der Waals surface area contributed by atoms with Gasteiger partial charge in [-0.2, -0.15) is 5.10 Å². The molecule has 0 fully saturated rings. The maximum absolute atomic E-state index is 11.1. The maximum atomic E-state index is 11.1. The summed E-state index contributed by atoms with van der Waals surface area (Å²) in [6.45, 7) is 0.499. The van der Waals surface area contributed by atoms with Gasteiger partial charge in [-0.15, -0.1) is 0 Å². The van der Waals surface area contributed by atoms with E-state index in [4.69, 9.17) is 10.5 Å². The molecule has 80 valence electrons. The van der Waals surface area contributed by atoms with Crippen molar-refractivity contribution in [3.63, 3.8) is 0 Å². The van der Waals surface area contributed by atoms with Crippen molar-refractivity contribution in [1.29, 1.82) is 0 Å². The molecule has 0 unspecified atom stereocenters. The molecule has 0 aliphatic carbocycles. The van der Waals surface area contributed by atoms with Gasteiger partial charge in [-0.25, -0.2) is 10.2 Å². The van der Waals surface area contributed by atoms with Crippen molar-refractivity contribution in [2.24, 2.45) is 10.8 Å². The molecule has 3 N–H and O–H groups in total. The summed E-state index contributed by atoms with van der Waals surface area (Å²) in [4.78, 5) is 11.1. The van der Waals surface area contributed by atoms with E-state index in [1.165, 1.54) is 6.21 Å². The van der Waals surface area contributed by atoms with Gasteiger partial charge >= 0.3 is 6.09 Å². The fraction of sp³-hybridized carbons (Fsp3) is 0.200. The van der Waals surface area contributed by atoms with E-state index in [0.717, 1.165) is 0 Å². The molecule has 0 radical (unpaired) electrons. The van der Waals surface area contributed by atoms with E-state index in [9.17, 15) is 4.79 Å². The summed E-state index contributed by atoms with van der Waals surface area (Å²) in [6.07, 6.45) is 1.52. The Balaban J connectivity index is 2.31. The molecule has 0 spiro atoms. The third-order valence-electron chi connectivity index (χ3n) is 1.50. The molecule has 0 atom stereocenters. The zero-order valence-electron chi connectivity index (χ0n) is 8.22. The summed E-state index contributed by atoms with van der Waals surface area (Å²) in [7, 11) is 0. The quantitative estimate of drug-likeness (QED) is 0.573. The van der Waals surface area contributed by atoms with Gasteiger partial charge in [-0.3, -0.25) is 0 Å². The van der Waals surface area contributed by atoms with E-state index in [-0.39, 0.29) is 0 Å². The van der Waals surface area contributed by atoms with Crippen LogP contribution in [0.25, 0.3) is 0 Å². The highest BCUT2D eigenvalue weighted by Crippen LogP contribution is 2.07. The Bertz CT molecular complexity index is 325. The van der Waals surface area contributed by atoms with Crippen LogP contribution < -0.4 is 15.9 Å². The number of carbonyl (C=O) groups is 1. The SMILES string of the molecule is NCCC=NNC(=O)Oc1ccccc1. The van der Waals surface area contributed by atoms with Gasteiger partial charge in [-0.05, 0) is 25.1 Å². The van der Waals surface area contributed by atoms with Gasteiger partial charge in [0.15, 0.2) is 0 Å². The summed E-state index contributed by atoms with van der Waals surface area (Å²) in [6, 6.07) is 8.76. The Morgan fingerprint density at radius 1 is 1.47 bits per heavy atom. The minimum Gasteiger partial charge on any atom is -0.409 e. The average molecular weight is 207 g/mol. The molecule has 1 amide bonds. The van der Waals surface area contributed by atoms with Gasteiger partial charge in [0.05, 0.1) is 0 Å². The molecule has 5 nitrogen and oxygen atoms in total. The Hall–Kier alpha value is -1.88. The zero-order valence-corrected chi connectivity index (χ0v) is 8.22. The van der Waals surface area contributed by atoms with Gasteiger partial charge in [0.25, 0.3) is 0 Å². The normalized spacial score (nSPS) is 10.2. The largest absolute Gasteiger partial charge is 0.433 e. The zero-order chi connectivity index (χ0) is 10.9. The number of hydrogen-bond acceptors (Lipinski definition) is 4. The van der Waals surface area contributed by atoms with Crippen molar-refractivity contribution in [1.82, 2.24) is 5.43 Å². The highest BCUT2D eigenvalue weighted by Gasteiger charge is 2.00. The topological polar surface area (TPSA) is 76.7 Å². The maximum Gasteiger partial charge on any atom is 0.433 e. The first-order chi connectivity index (χ1) is 7.33. The van der Waals surface area contributed by atoms with E-state index in [0.29, 0.717) is 18.7 Å². The van der Waals surface area contributed by atoms with Crippen LogP contribution in [-0.4, -0.2) is 18.9 Å². The lowest BCUT2D eigenvalue weighted by molar-refractivity contribution is 0.201. The molecule has 0 aliphatic rings. The van der Waals surface area contributed by atoms with Crippen molar-refractivity contribution in [3.8, 4) is 5.75 Å². The molecule has 0 saturated carbocycles. The summed E-state index contributed by atoms with van der Waals surface area (Å²) in [5.41, 5.74) is 7.45. The highest BCUT2D eigenvalue weighted by molar-refractivity contribution is 5.71. The Morgan fingerprint density at radius 3 is 2.87 bits per heavy atom. The van der Waals surface area contributed by atoms with Crippen LogP contribution in [0.2, 0.25) is 0 Å². The van der Waals surface area contributed by atoms with Crippen LogP contribution in [0.5, 0.6) is 5.75 Å². The second-order valence-corrected chi connectivity index (χ2v) is 2.70. The van der Waals surface area contributed by atoms with E-state index in [2.05, 4.69) is 10.5 Å². The fourth-order valence-corrected chi connectivity index (χ4v) is 0.856. The van der Waals surface area contributed by atoms with Gasteiger partial charge in [-0.1, -0.05) is 18.2 Å².